The van der Waals surface area contributed by atoms with Crippen molar-refractivity contribution in [2.45, 2.75) is 24.8 Å². The third-order valence-electron chi connectivity index (χ3n) is 2.80. The molecule has 1 saturated carbocycles. The molecule has 0 heterocycles. The first-order valence-electron chi connectivity index (χ1n) is 4.88. The van der Waals surface area contributed by atoms with Gasteiger partial charge in [0.2, 0.25) is 0 Å². The van der Waals surface area contributed by atoms with Crippen LogP contribution in [0.15, 0.2) is 12.1 Å². The summed E-state index contributed by atoms with van der Waals surface area (Å²) in [5.41, 5.74) is 5.85. The fourth-order valence-electron chi connectivity index (χ4n) is 1.58. The molecule has 2 rings (SSSR count). The van der Waals surface area contributed by atoms with E-state index in [2.05, 4.69) is 0 Å². The van der Waals surface area contributed by atoms with Crippen LogP contribution in [0.25, 0.3) is 0 Å². The van der Waals surface area contributed by atoms with Crippen LogP contribution in [0, 0.1) is 5.82 Å². The number of nitrogens with two attached hydrogens (primary N) is 1. The zero-order valence-corrected chi connectivity index (χ0v) is 8.59. The van der Waals surface area contributed by atoms with Gasteiger partial charge in [0.15, 0.2) is 0 Å². The minimum atomic E-state index is -0.455. The van der Waals surface area contributed by atoms with E-state index in [1.165, 1.54) is 19.2 Å². The third kappa shape index (κ3) is 2.04. The Hall–Kier alpha value is -1.29. The van der Waals surface area contributed by atoms with Gasteiger partial charge in [-0.1, -0.05) is 0 Å². The molecule has 1 fully saturated rings. The zero-order valence-electron chi connectivity index (χ0n) is 8.59. The van der Waals surface area contributed by atoms with Gasteiger partial charge < -0.3 is 15.6 Å². The first kappa shape index (κ1) is 10.2. The average molecular weight is 211 g/mol. The van der Waals surface area contributed by atoms with E-state index in [0.717, 1.165) is 12.8 Å². The molecule has 1 aromatic rings. The van der Waals surface area contributed by atoms with E-state index < -0.39 is 5.82 Å². The monoisotopic (exact) mass is 211 g/mol. The maximum Gasteiger partial charge on any atom is 0.133 e. The molecule has 4 heteroatoms. The Balaban J connectivity index is 2.30. The number of ether oxygens (including phenoxy) is 1. The van der Waals surface area contributed by atoms with Gasteiger partial charge in [0.25, 0.3) is 0 Å². The Labute approximate surface area is 87.7 Å². The second-order valence-electron chi connectivity index (χ2n) is 4.15. The summed E-state index contributed by atoms with van der Waals surface area (Å²) in [5.74, 6) is -0.220. The van der Waals surface area contributed by atoms with Crippen molar-refractivity contribution < 1.29 is 14.2 Å². The lowest BCUT2D eigenvalue weighted by Gasteiger charge is -2.12. The van der Waals surface area contributed by atoms with Gasteiger partial charge in [0.1, 0.15) is 17.3 Å². The zero-order chi connectivity index (χ0) is 11.1. The minimum absolute atomic E-state index is 0.0800. The molecule has 3 nitrogen and oxygen atoms in total. The highest BCUT2D eigenvalue weighted by atomic mass is 19.1. The fraction of sp³-hybridized carbons (Fsp3) is 0.455. The SMILES string of the molecule is COc1cc(O)c(CC2(N)CC2)c(F)c1. The van der Waals surface area contributed by atoms with Crippen LogP contribution >= 0.6 is 0 Å². The molecule has 1 aliphatic rings. The Morgan fingerprint density at radius 2 is 2.20 bits per heavy atom. The van der Waals surface area contributed by atoms with Crippen LogP contribution in [0.3, 0.4) is 0 Å². The molecular formula is C11H14FNO2. The predicted octanol–water partition coefficient (Wildman–Crippen LogP) is 1.57. The minimum Gasteiger partial charge on any atom is -0.507 e. The van der Waals surface area contributed by atoms with Crippen LogP contribution < -0.4 is 10.5 Å². The maximum absolute atomic E-state index is 13.6. The maximum atomic E-state index is 13.6. The summed E-state index contributed by atoms with van der Waals surface area (Å²) in [4.78, 5) is 0. The number of phenolic OH excluding ortho intramolecular Hbond substituents is 1. The van der Waals surface area contributed by atoms with Crippen LogP contribution in [-0.4, -0.2) is 17.8 Å². The fourth-order valence-corrected chi connectivity index (χ4v) is 1.58. The molecule has 0 atom stereocenters. The number of benzene rings is 1. The van der Waals surface area contributed by atoms with Crippen LogP contribution in [0.1, 0.15) is 18.4 Å². The van der Waals surface area contributed by atoms with Crippen molar-refractivity contribution in [2.75, 3.05) is 7.11 Å². The normalized spacial score (nSPS) is 17.5. The van der Waals surface area contributed by atoms with E-state index >= 15 is 0 Å². The first-order chi connectivity index (χ1) is 7.04. The second-order valence-corrected chi connectivity index (χ2v) is 4.15. The molecular weight excluding hydrogens is 197 g/mol. The molecule has 0 unspecified atom stereocenters. The summed E-state index contributed by atoms with van der Waals surface area (Å²) < 4.78 is 18.4. The summed E-state index contributed by atoms with van der Waals surface area (Å²) >= 11 is 0. The summed E-state index contributed by atoms with van der Waals surface area (Å²) in [7, 11) is 1.43. The van der Waals surface area contributed by atoms with Crippen molar-refractivity contribution >= 4 is 0 Å². The molecule has 0 spiro atoms. The van der Waals surface area contributed by atoms with E-state index in [9.17, 15) is 9.50 Å². The lowest BCUT2D eigenvalue weighted by Crippen LogP contribution is -2.25. The smallest absolute Gasteiger partial charge is 0.133 e. The highest BCUT2D eigenvalue weighted by Gasteiger charge is 2.39. The van der Waals surface area contributed by atoms with Crippen molar-refractivity contribution in [3.8, 4) is 11.5 Å². The molecule has 0 radical (unpaired) electrons. The van der Waals surface area contributed by atoms with Crippen molar-refractivity contribution in [3.05, 3.63) is 23.5 Å². The Morgan fingerprint density at radius 1 is 1.53 bits per heavy atom. The van der Waals surface area contributed by atoms with E-state index in [1.807, 2.05) is 0 Å². The van der Waals surface area contributed by atoms with E-state index in [1.54, 1.807) is 0 Å². The van der Waals surface area contributed by atoms with Gasteiger partial charge in [-0.25, -0.2) is 4.39 Å². The van der Waals surface area contributed by atoms with Gasteiger partial charge >= 0.3 is 0 Å². The quantitative estimate of drug-likeness (QED) is 0.798. The van der Waals surface area contributed by atoms with Crippen molar-refractivity contribution in [1.82, 2.24) is 0 Å². The molecule has 0 aromatic heterocycles. The highest BCUT2D eigenvalue weighted by molar-refractivity contribution is 5.42. The largest absolute Gasteiger partial charge is 0.507 e. The molecule has 0 bridgehead atoms. The Bertz CT molecular complexity index is 365. The molecule has 0 saturated heterocycles. The summed E-state index contributed by atoms with van der Waals surface area (Å²) in [5, 5.41) is 9.62. The summed E-state index contributed by atoms with van der Waals surface area (Å²) in [6.45, 7) is 0. The van der Waals surface area contributed by atoms with E-state index in [0.29, 0.717) is 12.2 Å². The second kappa shape index (κ2) is 3.38. The number of phenols is 1. The number of halogens is 1. The number of methoxy groups -OCH3 is 1. The van der Waals surface area contributed by atoms with Gasteiger partial charge in [0.05, 0.1) is 7.11 Å². The molecule has 82 valence electrons. The van der Waals surface area contributed by atoms with Gasteiger partial charge in [-0.15, -0.1) is 0 Å². The lowest BCUT2D eigenvalue weighted by molar-refractivity contribution is 0.398. The van der Waals surface area contributed by atoms with Gasteiger partial charge in [0, 0.05) is 23.2 Å². The van der Waals surface area contributed by atoms with Crippen LogP contribution in [0.2, 0.25) is 0 Å². The molecule has 15 heavy (non-hydrogen) atoms. The van der Waals surface area contributed by atoms with Gasteiger partial charge in [-0.2, -0.15) is 0 Å². The van der Waals surface area contributed by atoms with Crippen LogP contribution in [-0.2, 0) is 6.42 Å². The molecule has 0 aliphatic heterocycles. The number of aromatic hydroxyl groups is 1. The van der Waals surface area contributed by atoms with Gasteiger partial charge in [-0.05, 0) is 19.3 Å². The van der Waals surface area contributed by atoms with Crippen LogP contribution in [0.4, 0.5) is 4.39 Å². The molecule has 0 amide bonds. The average Bonchev–Trinajstić information content (AvgIpc) is 2.90. The van der Waals surface area contributed by atoms with Crippen molar-refractivity contribution in [3.63, 3.8) is 0 Å². The molecule has 1 aromatic carbocycles. The Morgan fingerprint density at radius 3 is 2.67 bits per heavy atom. The first-order valence-corrected chi connectivity index (χ1v) is 4.88. The summed E-state index contributed by atoms with van der Waals surface area (Å²) in [6.07, 6.45) is 2.16. The third-order valence-corrected chi connectivity index (χ3v) is 2.80. The Kier molecular flexibility index (Phi) is 2.31. The lowest BCUT2D eigenvalue weighted by atomic mass is 10.0. The van der Waals surface area contributed by atoms with E-state index in [-0.39, 0.29) is 16.9 Å². The topological polar surface area (TPSA) is 55.5 Å². The standard InChI is InChI=1S/C11H14FNO2/c1-15-7-4-9(12)8(10(14)5-7)6-11(13)2-3-11/h4-5,14H,2-3,6,13H2,1H3. The predicted molar refractivity (Wildman–Crippen MR) is 54.5 cm³/mol. The molecule has 1 aliphatic carbocycles. The number of rotatable bonds is 3. The number of hydrogen-bond acceptors (Lipinski definition) is 3. The molecule has 3 N–H and O–H groups in total. The van der Waals surface area contributed by atoms with E-state index in [4.69, 9.17) is 10.5 Å². The summed E-state index contributed by atoms with van der Waals surface area (Å²) in [6, 6.07) is 2.67. The highest BCUT2D eigenvalue weighted by Crippen LogP contribution is 2.39. The van der Waals surface area contributed by atoms with Crippen LogP contribution in [0.5, 0.6) is 11.5 Å². The van der Waals surface area contributed by atoms with Crippen molar-refractivity contribution in [1.29, 1.82) is 0 Å². The van der Waals surface area contributed by atoms with Crippen molar-refractivity contribution in [2.24, 2.45) is 5.73 Å². The van der Waals surface area contributed by atoms with Gasteiger partial charge in [-0.3, -0.25) is 0 Å². The number of hydrogen-bond donors (Lipinski definition) is 2.